The van der Waals surface area contributed by atoms with Crippen LogP contribution in [0.25, 0.3) is 0 Å². The minimum atomic E-state index is -0.0809. The summed E-state index contributed by atoms with van der Waals surface area (Å²) in [5.41, 5.74) is 2.21. The number of halogens is 1. The highest BCUT2D eigenvalue weighted by Crippen LogP contribution is 2.28. The summed E-state index contributed by atoms with van der Waals surface area (Å²) in [6.07, 6.45) is 4.54. The minimum absolute atomic E-state index is 0.0396. The average Bonchev–Trinajstić information content (AvgIpc) is 2.52. The second-order valence-electron chi connectivity index (χ2n) is 4.74. The van der Waals surface area contributed by atoms with E-state index in [0.717, 1.165) is 11.1 Å². The Bertz CT molecular complexity index is 515. The van der Waals surface area contributed by atoms with Crippen molar-refractivity contribution in [2.75, 3.05) is 0 Å². The van der Waals surface area contributed by atoms with Gasteiger partial charge in [0.1, 0.15) is 0 Å². The summed E-state index contributed by atoms with van der Waals surface area (Å²) in [5, 5.41) is 0. The molecule has 0 aromatic heterocycles. The van der Waals surface area contributed by atoms with Crippen LogP contribution in [-0.4, -0.2) is 0 Å². The molecule has 0 radical (unpaired) electrons. The molecule has 0 fully saturated rings. The second-order valence-corrected chi connectivity index (χ2v) is 4.74. The maximum absolute atomic E-state index is 14.0. The van der Waals surface area contributed by atoms with Crippen molar-refractivity contribution in [2.45, 2.75) is 18.8 Å². The molecule has 0 N–H and O–H groups in total. The molecule has 1 heteroatoms. The quantitative estimate of drug-likeness (QED) is 0.594. The first-order chi connectivity index (χ1) is 9.81. The fraction of sp³-hybridized carbons (Fsp3) is 0.158. The summed E-state index contributed by atoms with van der Waals surface area (Å²) in [6, 6.07) is 20.0. The lowest BCUT2D eigenvalue weighted by molar-refractivity contribution is 0.584. The third-order valence-electron chi connectivity index (χ3n) is 3.25. The zero-order valence-electron chi connectivity index (χ0n) is 11.5. The summed E-state index contributed by atoms with van der Waals surface area (Å²) < 4.78 is 14.0. The topological polar surface area (TPSA) is 0 Å². The molecule has 0 aliphatic carbocycles. The summed E-state index contributed by atoms with van der Waals surface area (Å²) in [6.45, 7) is 3.63. The molecule has 2 rings (SSSR count). The highest BCUT2D eigenvalue weighted by atomic mass is 19.1. The van der Waals surface area contributed by atoms with E-state index in [9.17, 15) is 4.39 Å². The molecular weight excluding hydrogens is 247 g/mol. The van der Waals surface area contributed by atoms with Crippen molar-refractivity contribution in [1.29, 1.82) is 0 Å². The SMILES string of the molecule is C=CCC/C(F)=C/C(c1ccccc1)c1ccccc1. The molecule has 0 aliphatic rings. The Hall–Kier alpha value is -2.15. The largest absolute Gasteiger partial charge is 0.212 e. The fourth-order valence-corrected chi connectivity index (χ4v) is 2.21. The van der Waals surface area contributed by atoms with E-state index in [1.165, 1.54) is 0 Å². The molecule has 0 unspecified atom stereocenters. The van der Waals surface area contributed by atoms with Crippen molar-refractivity contribution >= 4 is 0 Å². The first-order valence-electron chi connectivity index (χ1n) is 6.88. The maximum Gasteiger partial charge on any atom is 0.0972 e. The van der Waals surface area contributed by atoms with Crippen LogP contribution in [0, 0.1) is 0 Å². The van der Waals surface area contributed by atoms with Gasteiger partial charge < -0.3 is 0 Å². The van der Waals surface area contributed by atoms with Gasteiger partial charge in [-0.25, -0.2) is 4.39 Å². The molecule has 0 atom stereocenters. The van der Waals surface area contributed by atoms with Gasteiger partial charge in [-0.1, -0.05) is 66.7 Å². The predicted octanol–water partition coefficient (Wildman–Crippen LogP) is 5.64. The van der Waals surface area contributed by atoms with Crippen molar-refractivity contribution in [3.8, 4) is 0 Å². The molecular formula is C19H19F. The molecule has 0 aliphatic heterocycles. The molecule has 102 valence electrons. The molecule has 0 spiro atoms. The summed E-state index contributed by atoms with van der Waals surface area (Å²) in [7, 11) is 0. The zero-order chi connectivity index (χ0) is 14.2. The Labute approximate surface area is 120 Å². The van der Waals surface area contributed by atoms with Gasteiger partial charge in [0.15, 0.2) is 0 Å². The monoisotopic (exact) mass is 266 g/mol. The summed E-state index contributed by atoms with van der Waals surface area (Å²) >= 11 is 0. The smallest absolute Gasteiger partial charge is 0.0972 e. The van der Waals surface area contributed by atoms with E-state index in [1.807, 2.05) is 60.7 Å². The predicted molar refractivity (Wildman–Crippen MR) is 83.3 cm³/mol. The second kappa shape index (κ2) is 7.44. The number of hydrogen-bond acceptors (Lipinski definition) is 0. The highest BCUT2D eigenvalue weighted by molar-refractivity contribution is 5.37. The lowest BCUT2D eigenvalue weighted by atomic mass is 9.90. The van der Waals surface area contributed by atoms with Crippen molar-refractivity contribution < 1.29 is 4.39 Å². The van der Waals surface area contributed by atoms with E-state index < -0.39 is 0 Å². The van der Waals surface area contributed by atoms with Gasteiger partial charge in [-0.15, -0.1) is 6.58 Å². The van der Waals surface area contributed by atoms with Gasteiger partial charge in [0.25, 0.3) is 0 Å². The Kier molecular flexibility index (Phi) is 5.31. The van der Waals surface area contributed by atoms with Crippen molar-refractivity contribution in [3.63, 3.8) is 0 Å². The standard InChI is InChI=1S/C19H19F/c1-2-3-14-18(20)15-19(16-10-6-4-7-11-16)17-12-8-5-9-13-17/h2,4-13,15,19H,1,3,14H2/b18-15-. The first-order valence-corrected chi connectivity index (χ1v) is 6.88. The third-order valence-corrected chi connectivity index (χ3v) is 3.25. The lowest BCUT2D eigenvalue weighted by Gasteiger charge is -2.14. The molecule has 0 nitrogen and oxygen atoms in total. The molecule has 20 heavy (non-hydrogen) atoms. The molecule has 0 amide bonds. The van der Waals surface area contributed by atoms with Crippen LogP contribution in [-0.2, 0) is 0 Å². The molecule has 0 heterocycles. The van der Waals surface area contributed by atoms with Gasteiger partial charge in [-0.3, -0.25) is 0 Å². The minimum Gasteiger partial charge on any atom is -0.212 e. The number of benzene rings is 2. The molecule has 0 bridgehead atoms. The van der Waals surface area contributed by atoms with Gasteiger partial charge in [0.05, 0.1) is 5.83 Å². The lowest BCUT2D eigenvalue weighted by Crippen LogP contribution is -1.98. The Morgan fingerprint density at radius 1 is 0.950 bits per heavy atom. The molecule has 0 saturated heterocycles. The first kappa shape index (κ1) is 14.3. The number of rotatable bonds is 6. The average molecular weight is 266 g/mol. The molecule has 0 saturated carbocycles. The third kappa shape index (κ3) is 3.92. The van der Waals surface area contributed by atoms with E-state index in [4.69, 9.17) is 0 Å². The van der Waals surface area contributed by atoms with Gasteiger partial charge in [0.2, 0.25) is 0 Å². The molecule has 2 aromatic carbocycles. The van der Waals surface area contributed by atoms with Crippen LogP contribution < -0.4 is 0 Å². The summed E-state index contributed by atoms with van der Waals surface area (Å²) in [5.74, 6) is -0.121. The van der Waals surface area contributed by atoms with Crippen LogP contribution >= 0.6 is 0 Å². The highest BCUT2D eigenvalue weighted by Gasteiger charge is 2.12. The van der Waals surface area contributed by atoms with Crippen molar-refractivity contribution in [1.82, 2.24) is 0 Å². The Balaban J connectivity index is 2.33. The van der Waals surface area contributed by atoms with Gasteiger partial charge in [-0.2, -0.15) is 0 Å². The molecule has 2 aromatic rings. The van der Waals surface area contributed by atoms with E-state index in [0.29, 0.717) is 12.8 Å². The van der Waals surface area contributed by atoms with Crippen molar-refractivity contribution in [3.05, 3.63) is 96.3 Å². The zero-order valence-corrected chi connectivity index (χ0v) is 11.5. The van der Waals surface area contributed by atoms with E-state index in [2.05, 4.69) is 6.58 Å². The van der Waals surface area contributed by atoms with Crippen LogP contribution in [0.5, 0.6) is 0 Å². The van der Waals surface area contributed by atoms with Gasteiger partial charge in [-0.05, 0) is 23.6 Å². The number of hydrogen-bond donors (Lipinski definition) is 0. The van der Waals surface area contributed by atoms with Crippen LogP contribution in [0.2, 0.25) is 0 Å². The normalized spacial score (nSPS) is 11.6. The maximum atomic E-state index is 14.0. The van der Waals surface area contributed by atoms with Crippen LogP contribution in [0.15, 0.2) is 85.2 Å². The van der Waals surface area contributed by atoms with Crippen LogP contribution in [0.3, 0.4) is 0 Å². The van der Waals surface area contributed by atoms with E-state index in [1.54, 1.807) is 12.2 Å². The Morgan fingerprint density at radius 2 is 1.45 bits per heavy atom. The van der Waals surface area contributed by atoms with Crippen LogP contribution in [0.4, 0.5) is 4.39 Å². The van der Waals surface area contributed by atoms with Gasteiger partial charge in [0, 0.05) is 12.3 Å². The summed E-state index contributed by atoms with van der Waals surface area (Å²) in [4.78, 5) is 0. The van der Waals surface area contributed by atoms with Crippen LogP contribution in [0.1, 0.15) is 29.9 Å². The van der Waals surface area contributed by atoms with Crippen molar-refractivity contribution in [2.24, 2.45) is 0 Å². The number of allylic oxidation sites excluding steroid dienone is 3. The van der Waals surface area contributed by atoms with Gasteiger partial charge >= 0.3 is 0 Å². The Morgan fingerprint density at radius 3 is 1.90 bits per heavy atom. The van der Waals surface area contributed by atoms with E-state index >= 15 is 0 Å². The fourth-order valence-electron chi connectivity index (χ4n) is 2.21. The van der Waals surface area contributed by atoms with E-state index in [-0.39, 0.29) is 11.7 Å².